The number of rotatable bonds is 3. The Balaban J connectivity index is 1.93. The fourth-order valence-corrected chi connectivity index (χ4v) is 3.01. The van der Waals surface area contributed by atoms with Crippen molar-refractivity contribution in [1.29, 1.82) is 0 Å². The molecular weight excluding hydrogens is 342 g/mol. The molecule has 1 aliphatic rings. The van der Waals surface area contributed by atoms with E-state index in [2.05, 4.69) is 5.10 Å². The molecule has 1 aliphatic heterocycles. The summed E-state index contributed by atoms with van der Waals surface area (Å²) in [5.74, 6) is -0.416. The Kier molecular flexibility index (Phi) is 4.79. The molecule has 3 rings (SSSR count). The number of amides is 1. The quantitative estimate of drug-likeness (QED) is 0.674. The summed E-state index contributed by atoms with van der Waals surface area (Å²) in [5, 5.41) is 23.1. The third-order valence-electron chi connectivity index (χ3n) is 4.58. The lowest BCUT2D eigenvalue weighted by Crippen LogP contribution is -2.42. The number of nitrogens with zero attached hydrogens (tertiary/aromatic N) is 5. The molecule has 140 valence electrons. The van der Waals surface area contributed by atoms with Gasteiger partial charge in [0, 0.05) is 33.3 Å². The maximum Gasteiger partial charge on any atom is 0.331 e. The van der Waals surface area contributed by atoms with Gasteiger partial charge in [0.05, 0.1) is 24.5 Å². The Morgan fingerprint density at radius 2 is 1.96 bits per heavy atom. The molecule has 0 saturated heterocycles. The van der Waals surface area contributed by atoms with Crippen LogP contribution in [0.1, 0.15) is 34.4 Å². The summed E-state index contributed by atoms with van der Waals surface area (Å²) in [4.78, 5) is 38.4. The van der Waals surface area contributed by atoms with E-state index < -0.39 is 29.9 Å². The van der Waals surface area contributed by atoms with Crippen LogP contribution in [-0.4, -0.2) is 53.1 Å². The number of carbonyl (C=O) groups excluding carboxylic acids is 1. The molecule has 26 heavy (non-hydrogen) atoms. The zero-order chi connectivity index (χ0) is 19.0. The van der Waals surface area contributed by atoms with E-state index >= 15 is 0 Å². The van der Waals surface area contributed by atoms with Gasteiger partial charge in [-0.1, -0.05) is 0 Å². The molecule has 2 aromatic rings. The highest BCUT2D eigenvalue weighted by Gasteiger charge is 2.25. The Morgan fingerprint density at radius 1 is 1.23 bits per heavy atom. The highest BCUT2D eigenvalue weighted by atomic mass is 16.3. The number of aliphatic hydroxyl groups is 2. The number of hydrogen-bond acceptors (Lipinski definition) is 6. The van der Waals surface area contributed by atoms with Crippen molar-refractivity contribution in [3.8, 4) is 0 Å². The van der Waals surface area contributed by atoms with Crippen LogP contribution in [0.15, 0.2) is 21.7 Å². The van der Waals surface area contributed by atoms with E-state index in [-0.39, 0.29) is 12.2 Å². The van der Waals surface area contributed by atoms with Crippen molar-refractivity contribution < 1.29 is 15.0 Å². The molecule has 10 heteroatoms. The molecule has 0 aliphatic carbocycles. The summed E-state index contributed by atoms with van der Waals surface area (Å²) in [6, 6.07) is 2.81. The van der Waals surface area contributed by atoms with Crippen LogP contribution in [0.4, 0.5) is 0 Å². The highest BCUT2D eigenvalue weighted by Crippen LogP contribution is 2.19. The van der Waals surface area contributed by atoms with Gasteiger partial charge >= 0.3 is 5.69 Å². The largest absolute Gasteiger partial charge is 0.393 e. The molecule has 10 nitrogen and oxygen atoms in total. The first-order valence-corrected chi connectivity index (χ1v) is 8.25. The van der Waals surface area contributed by atoms with Gasteiger partial charge in [-0.25, -0.2) is 4.79 Å². The fraction of sp³-hybridized carbons (Fsp3) is 0.500. The van der Waals surface area contributed by atoms with E-state index in [9.17, 15) is 19.5 Å². The fourth-order valence-electron chi connectivity index (χ4n) is 3.01. The van der Waals surface area contributed by atoms with Crippen LogP contribution in [0.2, 0.25) is 0 Å². The molecule has 3 heterocycles. The number of aromatic nitrogens is 4. The van der Waals surface area contributed by atoms with Crippen LogP contribution in [0.3, 0.4) is 0 Å². The van der Waals surface area contributed by atoms with Gasteiger partial charge in [0.25, 0.3) is 11.5 Å². The second-order valence-electron chi connectivity index (χ2n) is 6.33. The van der Waals surface area contributed by atoms with Crippen molar-refractivity contribution in [2.24, 2.45) is 14.1 Å². The van der Waals surface area contributed by atoms with Crippen LogP contribution in [0.5, 0.6) is 0 Å². The SMILES string of the molecule is Cn1c(C(=O)N2CCCn3nc(C(O)CO)cc3C2)cc(=O)n(C)c1=O. The summed E-state index contributed by atoms with van der Waals surface area (Å²) < 4.78 is 3.80. The highest BCUT2D eigenvalue weighted by molar-refractivity contribution is 5.92. The summed E-state index contributed by atoms with van der Waals surface area (Å²) in [6.07, 6.45) is -0.440. The standard InChI is InChI=1S/C16H21N5O5/c1-18-12(7-14(24)19(2)16(18)26)15(25)20-4-3-5-21-10(8-20)6-11(17-21)13(23)9-22/h6-7,13,22-23H,3-5,8-9H2,1-2H3. The van der Waals surface area contributed by atoms with E-state index in [0.717, 1.165) is 15.2 Å². The predicted molar refractivity (Wildman–Crippen MR) is 90.6 cm³/mol. The Hall–Kier alpha value is -2.72. The van der Waals surface area contributed by atoms with Gasteiger partial charge in [0.1, 0.15) is 11.8 Å². The van der Waals surface area contributed by atoms with E-state index in [4.69, 9.17) is 5.11 Å². The van der Waals surface area contributed by atoms with Gasteiger partial charge in [-0.15, -0.1) is 0 Å². The van der Waals surface area contributed by atoms with E-state index in [1.54, 1.807) is 15.6 Å². The maximum atomic E-state index is 12.9. The summed E-state index contributed by atoms with van der Waals surface area (Å²) in [5.41, 5.74) is -0.00891. The van der Waals surface area contributed by atoms with Crippen LogP contribution in [-0.2, 0) is 27.2 Å². The van der Waals surface area contributed by atoms with Crippen LogP contribution in [0.25, 0.3) is 0 Å². The van der Waals surface area contributed by atoms with E-state index in [0.29, 0.717) is 30.9 Å². The number of carbonyl (C=O) groups is 1. The molecule has 1 unspecified atom stereocenters. The van der Waals surface area contributed by atoms with Crippen molar-refractivity contribution >= 4 is 5.91 Å². The predicted octanol–water partition coefficient (Wildman–Crippen LogP) is -1.65. The molecule has 1 amide bonds. The Bertz CT molecular complexity index is 957. The number of hydrogen-bond donors (Lipinski definition) is 2. The monoisotopic (exact) mass is 363 g/mol. The molecule has 2 aromatic heterocycles. The summed E-state index contributed by atoms with van der Waals surface area (Å²) >= 11 is 0. The van der Waals surface area contributed by atoms with Crippen LogP contribution >= 0.6 is 0 Å². The summed E-state index contributed by atoms with van der Waals surface area (Å²) in [7, 11) is 2.81. The lowest BCUT2D eigenvalue weighted by atomic mass is 10.2. The maximum absolute atomic E-state index is 12.9. The third kappa shape index (κ3) is 3.08. The lowest BCUT2D eigenvalue weighted by Gasteiger charge is -2.21. The van der Waals surface area contributed by atoms with Crippen LogP contribution in [0, 0.1) is 0 Å². The number of fused-ring (bicyclic) bond motifs is 1. The van der Waals surface area contributed by atoms with Gasteiger partial charge < -0.3 is 15.1 Å². The van der Waals surface area contributed by atoms with Gasteiger partial charge in [0.15, 0.2) is 0 Å². The zero-order valence-electron chi connectivity index (χ0n) is 14.6. The first-order valence-electron chi connectivity index (χ1n) is 8.25. The lowest BCUT2D eigenvalue weighted by molar-refractivity contribution is 0.0733. The van der Waals surface area contributed by atoms with Crippen molar-refractivity contribution in [2.45, 2.75) is 25.6 Å². The molecule has 0 radical (unpaired) electrons. The number of aliphatic hydroxyl groups excluding tert-OH is 2. The molecule has 0 spiro atoms. The van der Waals surface area contributed by atoms with Crippen LogP contribution < -0.4 is 11.2 Å². The Morgan fingerprint density at radius 3 is 2.65 bits per heavy atom. The first kappa shape index (κ1) is 18.1. The molecule has 0 saturated carbocycles. The molecule has 1 atom stereocenters. The summed E-state index contributed by atoms with van der Waals surface area (Å²) in [6.45, 7) is 0.804. The molecule has 0 aromatic carbocycles. The minimum absolute atomic E-state index is 0.0293. The molecule has 0 fully saturated rings. The first-order chi connectivity index (χ1) is 12.3. The molecular formula is C16H21N5O5. The van der Waals surface area contributed by atoms with Gasteiger partial charge in [-0.2, -0.15) is 5.10 Å². The average molecular weight is 363 g/mol. The van der Waals surface area contributed by atoms with E-state index in [1.165, 1.54) is 14.1 Å². The molecule has 0 bridgehead atoms. The van der Waals surface area contributed by atoms with Crippen molar-refractivity contribution in [3.05, 3.63) is 50.1 Å². The second-order valence-corrected chi connectivity index (χ2v) is 6.33. The minimum atomic E-state index is -1.07. The van der Waals surface area contributed by atoms with Gasteiger partial charge in [-0.3, -0.25) is 23.4 Å². The second kappa shape index (κ2) is 6.89. The van der Waals surface area contributed by atoms with Gasteiger partial charge in [-0.05, 0) is 12.5 Å². The van der Waals surface area contributed by atoms with Crippen molar-refractivity contribution in [2.75, 3.05) is 13.2 Å². The van der Waals surface area contributed by atoms with Crippen molar-refractivity contribution in [3.63, 3.8) is 0 Å². The van der Waals surface area contributed by atoms with E-state index in [1.807, 2.05) is 0 Å². The van der Waals surface area contributed by atoms with Gasteiger partial charge in [0.2, 0.25) is 0 Å². The smallest absolute Gasteiger partial charge is 0.331 e. The number of aryl methyl sites for hydroxylation is 1. The normalized spacial score (nSPS) is 15.5. The third-order valence-corrected chi connectivity index (χ3v) is 4.58. The molecule has 2 N–H and O–H groups in total. The minimum Gasteiger partial charge on any atom is -0.393 e. The zero-order valence-corrected chi connectivity index (χ0v) is 14.6. The topological polar surface area (TPSA) is 123 Å². The Labute approximate surface area is 148 Å². The average Bonchev–Trinajstić information content (AvgIpc) is 2.93. The van der Waals surface area contributed by atoms with Crippen molar-refractivity contribution in [1.82, 2.24) is 23.8 Å².